The monoisotopic (exact) mass is 526 g/mol. The van der Waals surface area contributed by atoms with Crippen LogP contribution in [0.4, 0.5) is 0 Å². The zero-order valence-corrected chi connectivity index (χ0v) is 23.9. The maximum Gasteiger partial charge on any atom is 0.0571 e. The van der Waals surface area contributed by atoms with Crippen LogP contribution in [0.1, 0.15) is 114 Å². The molecule has 7 rings (SSSR count). The van der Waals surface area contributed by atoms with Crippen molar-refractivity contribution in [2.24, 2.45) is 35.5 Å². The van der Waals surface area contributed by atoms with Gasteiger partial charge in [0.25, 0.3) is 0 Å². The van der Waals surface area contributed by atoms with Crippen molar-refractivity contribution >= 4 is 0 Å². The Labute approximate surface area is 236 Å². The van der Waals surface area contributed by atoms with Gasteiger partial charge in [0.15, 0.2) is 0 Å². The second-order valence-corrected chi connectivity index (χ2v) is 14.2. The normalized spacial score (nSPS) is 35.3. The van der Waals surface area contributed by atoms with Crippen molar-refractivity contribution in [1.29, 1.82) is 0 Å². The third kappa shape index (κ3) is 4.44. The summed E-state index contributed by atoms with van der Waals surface area (Å²) in [6.45, 7) is 0. The number of aliphatic hydroxyl groups is 2. The Morgan fingerprint density at radius 1 is 0.487 bits per heavy atom. The summed E-state index contributed by atoms with van der Waals surface area (Å²) in [4.78, 5) is 0. The molecule has 0 heterocycles. The average Bonchev–Trinajstić information content (AvgIpc) is 3.30. The van der Waals surface area contributed by atoms with E-state index in [4.69, 9.17) is 0 Å². The zero-order chi connectivity index (χ0) is 26.4. The van der Waals surface area contributed by atoms with Crippen molar-refractivity contribution in [3.63, 3.8) is 0 Å². The van der Waals surface area contributed by atoms with E-state index in [-0.39, 0.29) is 17.6 Å². The molecule has 0 bridgehead atoms. The smallest absolute Gasteiger partial charge is 0.0571 e. The largest absolute Gasteiger partial charge is 0.393 e. The molecule has 0 spiro atoms. The van der Waals surface area contributed by atoms with Crippen LogP contribution in [0.3, 0.4) is 0 Å². The molecule has 5 aliphatic rings. The molecule has 0 amide bonds. The van der Waals surface area contributed by atoms with Gasteiger partial charge in [-0.25, -0.2) is 0 Å². The predicted octanol–water partition coefficient (Wildman–Crippen LogP) is 8.67. The summed E-state index contributed by atoms with van der Waals surface area (Å²) < 4.78 is 0. The topological polar surface area (TPSA) is 40.5 Å². The summed E-state index contributed by atoms with van der Waals surface area (Å²) in [5, 5.41) is 22.8. The average molecular weight is 527 g/mol. The number of aliphatic hydroxyl groups excluding tert-OH is 2. The number of fused-ring (bicyclic) bond motifs is 3. The van der Waals surface area contributed by atoms with Gasteiger partial charge in [-0.05, 0) is 96.3 Å². The molecule has 0 aliphatic heterocycles. The fourth-order valence-electron chi connectivity index (χ4n) is 10.9. The van der Waals surface area contributed by atoms with Crippen molar-refractivity contribution < 1.29 is 10.2 Å². The predicted molar refractivity (Wildman–Crippen MR) is 159 cm³/mol. The first-order valence-corrected chi connectivity index (χ1v) is 16.7. The van der Waals surface area contributed by atoms with Crippen molar-refractivity contribution in [3.8, 4) is 11.1 Å². The van der Waals surface area contributed by atoms with Crippen LogP contribution < -0.4 is 0 Å². The lowest BCUT2D eigenvalue weighted by Gasteiger charge is -2.53. The molecule has 39 heavy (non-hydrogen) atoms. The fraction of sp³-hybridized carbons (Fsp3) is 0.676. The Morgan fingerprint density at radius 3 is 1.33 bits per heavy atom. The first kappa shape index (κ1) is 26.3. The van der Waals surface area contributed by atoms with E-state index in [1.807, 2.05) is 0 Å². The van der Waals surface area contributed by atoms with Gasteiger partial charge >= 0.3 is 0 Å². The molecule has 210 valence electrons. The summed E-state index contributed by atoms with van der Waals surface area (Å²) in [5.41, 5.74) is 6.05. The SMILES string of the molecule is OC1CCC(C2(C3CCC(O)C(C4CCCCC4)C3)c3ccccc3-c3ccccc32)CC1C1CCCCC1. The van der Waals surface area contributed by atoms with Crippen molar-refractivity contribution in [3.05, 3.63) is 59.7 Å². The zero-order valence-electron chi connectivity index (χ0n) is 23.9. The number of rotatable bonds is 4. The molecule has 0 aromatic heterocycles. The maximum atomic E-state index is 11.4. The maximum absolute atomic E-state index is 11.4. The van der Waals surface area contributed by atoms with Gasteiger partial charge in [0, 0.05) is 5.41 Å². The Balaban J connectivity index is 1.32. The van der Waals surface area contributed by atoms with Crippen LogP contribution in [0.25, 0.3) is 11.1 Å². The summed E-state index contributed by atoms with van der Waals surface area (Å²) in [6.07, 6.45) is 19.6. The van der Waals surface area contributed by atoms with Crippen LogP contribution in [0.15, 0.2) is 48.5 Å². The van der Waals surface area contributed by atoms with Gasteiger partial charge in [-0.3, -0.25) is 0 Å². The van der Waals surface area contributed by atoms with E-state index < -0.39 is 0 Å². The van der Waals surface area contributed by atoms with E-state index >= 15 is 0 Å². The Morgan fingerprint density at radius 2 is 0.897 bits per heavy atom. The molecule has 2 nitrogen and oxygen atoms in total. The highest BCUT2D eigenvalue weighted by molar-refractivity contribution is 5.81. The van der Waals surface area contributed by atoms with Gasteiger partial charge in [0.1, 0.15) is 0 Å². The molecule has 2 aromatic carbocycles. The van der Waals surface area contributed by atoms with Crippen molar-refractivity contribution in [2.75, 3.05) is 0 Å². The van der Waals surface area contributed by atoms with Gasteiger partial charge < -0.3 is 10.2 Å². The van der Waals surface area contributed by atoms with Gasteiger partial charge in [-0.15, -0.1) is 0 Å². The summed E-state index contributed by atoms with van der Waals surface area (Å²) >= 11 is 0. The van der Waals surface area contributed by atoms with E-state index in [2.05, 4.69) is 48.5 Å². The fourth-order valence-corrected chi connectivity index (χ4v) is 10.9. The molecule has 6 unspecified atom stereocenters. The second-order valence-electron chi connectivity index (χ2n) is 14.2. The van der Waals surface area contributed by atoms with E-state index in [0.29, 0.717) is 35.5 Å². The van der Waals surface area contributed by atoms with Crippen LogP contribution in [0, 0.1) is 35.5 Å². The minimum atomic E-state index is -0.128. The summed E-state index contributed by atoms with van der Waals surface area (Å²) in [6, 6.07) is 18.7. The Kier molecular flexibility index (Phi) is 7.39. The Bertz CT molecular complexity index is 1040. The van der Waals surface area contributed by atoms with Gasteiger partial charge in [-0.2, -0.15) is 0 Å². The molecule has 2 heteroatoms. The van der Waals surface area contributed by atoms with E-state index in [0.717, 1.165) is 25.7 Å². The van der Waals surface area contributed by atoms with E-state index in [1.165, 1.54) is 88.2 Å². The minimum Gasteiger partial charge on any atom is -0.393 e. The number of hydrogen-bond acceptors (Lipinski definition) is 2. The molecule has 2 N–H and O–H groups in total. The van der Waals surface area contributed by atoms with Crippen molar-refractivity contribution in [2.45, 2.75) is 120 Å². The standard InChI is InChI=1S/C37H50O2/c38-35-21-19-27(23-31(35)25-11-3-1-4-12-25)37(28-20-22-36(39)32(24-28)26-13-5-2-6-14-26)33-17-9-7-15-29(33)30-16-8-10-18-34(30)37/h7-10,15-18,25-28,31-32,35-36,38-39H,1-6,11-14,19-24H2. The molecular formula is C37H50O2. The highest BCUT2D eigenvalue weighted by Gasteiger charge is 2.56. The molecular weight excluding hydrogens is 476 g/mol. The minimum absolute atomic E-state index is 0.00724. The van der Waals surface area contributed by atoms with Crippen LogP contribution in [-0.4, -0.2) is 22.4 Å². The third-order valence-electron chi connectivity index (χ3n) is 12.6. The lowest BCUT2D eigenvalue weighted by Crippen LogP contribution is -2.50. The second kappa shape index (κ2) is 11.0. The summed E-state index contributed by atoms with van der Waals surface area (Å²) in [5.74, 6) is 3.41. The van der Waals surface area contributed by atoms with Crippen LogP contribution >= 0.6 is 0 Å². The van der Waals surface area contributed by atoms with Crippen molar-refractivity contribution in [1.82, 2.24) is 0 Å². The number of benzene rings is 2. The third-order valence-corrected chi connectivity index (χ3v) is 12.6. The van der Waals surface area contributed by atoms with E-state index in [1.54, 1.807) is 11.1 Å². The van der Waals surface area contributed by atoms with Crippen LogP contribution in [0.2, 0.25) is 0 Å². The van der Waals surface area contributed by atoms with Gasteiger partial charge in [-0.1, -0.05) is 113 Å². The molecule has 0 saturated heterocycles. The lowest BCUT2D eigenvalue weighted by molar-refractivity contribution is -0.0388. The first-order valence-electron chi connectivity index (χ1n) is 16.7. The van der Waals surface area contributed by atoms with Gasteiger partial charge in [0.2, 0.25) is 0 Å². The Hall–Kier alpha value is -1.64. The van der Waals surface area contributed by atoms with Gasteiger partial charge in [0.05, 0.1) is 12.2 Å². The van der Waals surface area contributed by atoms with Crippen LogP contribution in [0.5, 0.6) is 0 Å². The highest BCUT2D eigenvalue weighted by Crippen LogP contribution is 2.63. The molecule has 5 aliphatic carbocycles. The summed E-state index contributed by atoms with van der Waals surface area (Å²) in [7, 11) is 0. The molecule has 6 atom stereocenters. The lowest BCUT2D eigenvalue weighted by atomic mass is 9.51. The molecule has 4 saturated carbocycles. The molecule has 4 fully saturated rings. The van der Waals surface area contributed by atoms with E-state index in [9.17, 15) is 10.2 Å². The van der Waals surface area contributed by atoms with Crippen LogP contribution in [-0.2, 0) is 5.41 Å². The number of hydrogen-bond donors (Lipinski definition) is 2. The molecule has 0 radical (unpaired) electrons. The quantitative estimate of drug-likeness (QED) is 0.418. The highest BCUT2D eigenvalue weighted by atomic mass is 16.3. The molecule has 2 aromatic rings. The first-order chi connectivity index (χ1) is 19.2.